The van der Waals surface area contributed by atoms with Crippen LogP contribution in [-0.2, 0) is 16.1 Å². The fraction of sp³-hybridized carbons (Fsp3) is 0.190. The largest absolute Gasteiger partial charge is 0.460 e. The third-order valence-electron chi connectivity index (χ3n) is 3.91. The molecule has 0 aliphatic carbocycles. The smallest absolute Gasteiger partial charge is 0.316 e. The number of fused-ring (bicyclic) bond motifs is 1. The van der Waals surface area contributed by atoms with Gasteiger partial charge in [-0.15, -0.1) is 0 Å². The van der Waals surface area contributed by atoms with E-state index in [0.29, 0.717) is 10.6 Å². The molecule has 0 spiro atoms. The van der Waals surface area contributed by atoms with Crippen LogP contribution < -0.4 is 0 Å². The van der Waals surface area contributed by atoms with E-state index in [1.807, 2.05) is 56.3 Å². The molecule has 3 rings (SSSR count). The van der Waals surface area contributed by atoms with Crippen LogP contribution in [-0.4, -0.2) is 16.7 Å². The van der Waals surface area contributed by atoms with Gasteiger partial charge in [0.2, 0.25) is 0 Å². The van der Waals surface area contributed by atoms with Crippen molar-refractivity contribution in [2.24, 2.45) is 0 Å². The van der Waals surface area contributed by atoms with Gasteiger partial charge in [0, 0.05) is 5.39 Å². The molecule has 0 aliphatic rings. The van der Waals surface area contributed by atoms with Crippen molar-refractivity contribution in [3.63, 3.8) is 0 Å². The molecule has 0 bridgehead atoms. The Morgan fingerprint density at radius 1 is 1.19 bits per heavy atom. The van der Waals surface area contributed by atoms with Crippen molar-refractivity contribution in [2.45, 2.75) is 25.5 Å². The highest BCUT2D eigenvalue weighted by atomic mass is 32.2. The highest BCUT2D eigenvalue weighted by Crippen LogP contribution is 2.27. The Labute approximate surface area is 156 Å². The molecule has 1 aromatic heterocycles. The van der Waals surface area contributed by atoms with E-state index in [-0.39, 0.29) is 18.3 Å². The second kappa shape index (κ2) is 8.03. The van der Waals surface area contributed by atoms with E-state index in [4.69, 9.17) is 4.74 Å². The monoisotopic (exact) mass is 362 g/mol. The second-order valence-electron chi connectivity index (χ2n) is 6.04. The maximum absolute atomic E-state index is 12.0. The van der Waals surface area contributed by atoms with Crippen molar-refractivity contribution in [2.75, 3.05) is 5.75 Å². The van der Waals surface area contributed by atoms with Crippen molar-refractivity contribution < 1.29 is 9.53 Å². The minimum absolute atomic E-state index is 0.116. The number of aromatic nitrogens is 1. The predicted molar refractivity (Wildman–Crippen MR) is 103 cm³/mol. The number of rotatable bonds is 5. The van der Waals surface area contributed by atoms with Crippen molar-refractivity contribution in [3.8, 4) is 6.07 Å². The third-order valence-corrected chi connectivity index (χ3v) is 4.87. The van der Waals surface area contributed by atoms with E-state index in [9.17, 15) is 10.1 Å². The Morgan fingerprint density at radius 2 is 1.96 bits per heavy atom. The van der Waals surface area contributed by atoms with Gasteiger partial charge in [-0.1, -0.05) is 53.7 Å². The number of pyridine rings is 1. The molecule has 0 radical (unpaired) electrons. The Kier molecular flexibility index (Phi) is 5.55. The van der Waals surface area contributed by atoms with E-state index >= 15 is 0 Å². The molecule has 0 aliphatic heterocycles. The number of hydrogen-bond acceptors (Lipinski definition) is 5. The zero-order chi connectivity index (χ0) is 18.5. The van der Waals surface area contributed by atoms with Crippen LogP contribution in [0, 0.1) is 25.2 Å². The van der Waals surface area contributed by atoms with Crippen LogP contribution in [0.3, 0.4) is 0 Å². The highest BCUT2D eigenvalue weighted by molar-refractivity contribution is 7.99. The predicted octanol–water partition coefficient (Wildman–Crippen LogP) is 4.56. The summed E-state index contributed by atoms with van der Waals surface area (Å²) in [6, 6.07) is 17.6. The lowest BCUT2D eigenvalue weighted by Gasteiger charge is -2.09. The summed E-state index contributed by atoms with van der Waals surface area (Å²) in [4.78, 5) is 16.6. The van der Waals surface area contributed by atoms with Crippen molar-refractivity contribution >= 4 is 28.6 Å². The topological polar surface area (TPSA) is 63.0 Å². The molecule has 2 aromatic carbocycles. The number of thioether (sulfide) groups is 1. The lowest BCUT2D eigenvalue weighted by atomic mass is 10.1. The average Bonchev–Trinajstić information content (AvgIpc) is 2.65. The first-order valence-electron chi connectivity index (χ1n) is 8.21. The minimum atomic E-state index is -0.328. The van der Waals surface area contributed by atoms with E-state index < -0.39 is 0 Å². The highest BCUT2D eigenvalue weighted by Gasteiger charge is 2.12. The summed E-state index contributed by atoms with van der Waals surface area (Å²) < 4.78 is 5.28. The van der Waals surface area contributed by atoms with Gasteiger partial charge in [0.15, 0.2) is 0 Å². The van der Waals surface area contributed by atoms with Crippen LogP contribution in [0.15, 0.2) is 53.6 Å². The number of carbonyl (C=O) groups excluding carboxylic acids is 1. The average molecular weight is 362 g/mol. The minimum Gasteiger partial charge on any atom is -0.460 e. The molecular formula is C21H18N2O2S. The van der Waals surface area contributed by atoms with Crippen LogP contribution in [0.25, 0.3) is 10.9 Å². The van der Waals surface area contributed by atoms with Gasteiger partial charge in [-0.3, -0.25) is 4.79 Å². The molecule has 0 fully saturated rings. The number of carbonyl (C=O) groups is 1. The summed E-state index contributed by atoms with van der Waals surface area (Å²) in [6.45, 7) is 4.26. The van der Waals surface area contributed by atoms with Gasteiger partial charge < -0.3 is 4.74 Å². The fourth-order valence-electron chi connectivity index (χ4n) is 2.73. The third kappa shape index (κ3) is 4.22. The first-order valence-corrected chi connectivity index (χ1v) is 9.20. The molecule has 4 nitrogen and oxygen atoms in total. The zero-order valence-electron chi connectivity index (χ0n) is 14.7. The Bertz CT molecular complexity index is 994. The van der Waals surface area contributed by atoms with Gasteiger partial charge in [0.25, 0.3) is 0 Å². The van der Waals surface area contributed by atoms with Crippen molar-refractivity contribution in [3.05, 3.63) is 70.8 Å². The maximum atomic E-state index is 12.0. The summed E-state index contributed by atoms with van der Waals surface area (Å²) in [5.41, 5.74) is 4.46. The quantitative estimate of drug-likeness (QED) is 0.492. The molecule has 3 aromatic rings. The summed E-state index contributed by atoms with van der Waals surface area (Å²) >= 11 is 1.23. The molecule has 0 amide bonds. The normalized spacial score (nSPS) is 10.5. The first-order chi connectivity index (χ1) is 12.6. The number of esters is 1. The molecular weight excluding hydrogens is 344 g/mol. The van der Waals surface area contributed by atoms with Crippen molar-refractivity contribution in [1.29, 1.82) is 5.26 Å². The second-order valence-corrected chi connectivity index (χ2v) is 7.01. The van der Waals surface area contributed by atoms with E-state index in [1.165, 1.54) is 11.8 Å². The van der Waals surface area contributed by atoms with Gasteiger partial charge in [-0.2, -0.15) is 5.26 Å². The molecule has 26 heavy (non-hydrogen) atoms. The summed E-state index contributed by atoms with van der Waals surface area (Å²) in [6.07, 6.45) is 0. The van der Waals surface area contributed by atoms with E-state index in [1.54, 1.807) is 0 Å². The SMILES string of the molecule is Cc1cc(C)c2nc(SCC(=O)OCc3ccccc3)c(C#N)cc2c1. The lowest BCUT2D eigenvalue weighted by Crippen LogP contribution is -2.07. The summed E-state index contributed by atoms with van der Waals surface area (Å²) in [5.74, 6) is -0.212. The number of nitriles is 1. The number of nitrogens with zero attached hydrogens (tertiary/aromatic N) is 2. The lowest BCUT2D eigenvalue weighted by molar-refractivity contribution is -0.141. The summed E-state index contributed by atoms with van der Waals surface area (Å²) in [7, 11) is 0. The van der Waals surface area contributed by atoms with Crippen LogP contribution in [0.5, 0.6) is 0 Å². The molecule has 0 N–H and O–H groups in total. The van der Waals surface area contributed by atoms with Gasteiger partial charge in [0.1, 0.15) is 17.7 Å². The first kappa shape index (κ1) is 18.0. The van der Waals surface area contributed by atoms with Crippen LogP contribution in [0.4, 0.5) is 0 Å². The van der Waals surface area contributed by atoms with Crippen LogP contribution >= 0.6 is 11.8 Å². The zero-order valence-corrected chi connectivity index (χ0v) is 15.5. The summed E-state index contributed by atoms with van der Waals surface area (Å²) in [5, 5.41) is 10.9. The van der Waals surface area contributed by atoms with Crippen LogP contribution in [0.2, 0.25) is 0 Å². The molecule has 0 saturated heterocycles. The molecule has 0 unspecified atom stereocenters. The maximum Gasteiger partial charge on any atom is 0.316 e. The fourth-order valence-corrected chi connectivity index (χ4v) is 3.49. The molecule has 0 atom stereocenters. The Morgan fingerprint density at radius 3 is 2.69 bits per heavy atom. The Hall–Kier alpha value is -2.84. The number of ether oxygens (including phenoxy) is 1. The van der Waals surface area contributed by atoms with Crippen LogP contribution in [0.1, 0.15) is 22.3 Å². The van der Waals surface area contributed by atoms with Crippen molar-refractivity contribution in [1.82, 2.24) is 4.98 Å². The van der Waals surface area contributed by atoms with E-state index in [2.05, 4.69) is 17.1 Å². The van der Waals surface area contributed by atoms with Gasteiger partial charge >= 0.3 is 5.97 Å². The molecule has 5 heteroatoms. The van der Waals surface area contributed by atoms with E-state index in [0.717, 1.165) is 27.6 Å². The standard InChI is InChI=1S/C21H18N2O2S/c1-14-8-15(2)20-17(9-14)10-18(11-22)21(23-20)26-13-19(24)25-12-16-6-4-3-5-7-16/h3-10H,12-13H2,1-2H3. The molecule has 1 heterocycles. The number of benzene rings is 2. The molecule has 130 valence electrons. The number of hydrogen-bond donors (Lipinski definition) is 0. The number of aryl methyl sites for hydroxylation is 2. The van der Waals surface area contributed by atoms with Gasteiger partial charge in [0.05, 0.1) is 16.8 Å². The Balaban J connectivity index is 1.72. The van der Waals surface area contributed by atoms with Gasteiger partial charge in [-0.25, -0.2) is 4.98 Å². The van der Waals surface area contributed by atoms with Gasteiger partial charge in [-0.05, 0) is 37.1 Å². The molecule has 0 saturated carbocycles.